The smallest absolute Gasteiger partial charge is 0.135 e. The molecule has 0 saturated heterocycles. The highest BCUT2D eigenvalue weighted by molar-refractivity contribution is 6.13. The van der Waals surface area contributed by atoms with Crippen LogP contribution in [0.15, 0.2) is 89.1 Å². The van der Waals surface area contributed by atoms with E-state index >= 15 is 0 Å². The molecule has 0 saturated carbocycles. The molecule has 124 valence electrons. The van der Waals surface area contributed by atoms with Crippen molar-refractivity contribution in [2.24, 2.45) is 10.2 Å². The number of hydrogen-bond acceptors (Lipinski definition) is 2. The fraction of sp³-hybridized carbons (Fsp3) is 0.0476. The fourth-order valence-electron chi connectivity index (χ4n) is 2.49. The van der Waals surface area contributed by atoms with Crippen molar-refractivity contribution in [2.45, 2.75) is 6.92 Å². The van der Waals surface area contributed by atoms with Crippen LogP contribution < -0.4 is 0 Å². The van der Waals surface area contributed by atoms with Gasteiger partial charge in [0.2, 0.25) is 0 Å². The summed E-state index contributed by atoms with van der Waals surface area (Å²) in [6.07, 6.45) is 0. The molecular weight excluding hydrogens is 318 g/mol. The van der Waals surface area contributed by atoms with Crippen molar-refractivity contribution in [2.75, 3.05) is 0 Å². The average Bonchev–Trinajstić information content (AvgIpc) is 2.63. The van der Waals surface area contributed by atoms with Crippen LogP contribution in [0.3, 0.4) is 0 Å². The van der Waals surface area contributed by atoms with Crippen molar-refractivity contribution in [3.8, 4) is 0 Å². The zero-order valence-electron chi connectivity index (χ0n) is 13.7. The highest BCUT2D eigenvalue weighted by Gasteiger charge is 2.12. The summed E-state index contributed by atoms with van der Waals surface area (Å²) in [5, 5.41) is 8.39. The molecule has 0 heterocycles. The maximum absolute atomic E-state index is 13.9. The van der Waals surface area contributed by atoms with Crippen LogP contribution in [0.2, 0.25) is 0 Å². The molecule has 0 aliphatic heterocycles. The van der Waals surface area contributed by atoms with Gasteiger partial charge in [-0.15, -0.1) is 5.10 Å². The summed E-state index contributed by atoms with van der Waals surface area (Å²) in [6.45, 7) is 1.54. The van der Waals surface area contributed by atoms with Gasteiger partial charge in [0.15, 0.2) is 0 Å². The third-order valence-corrected chi connectivity index (χ3v) is 3.72. The van der Waals surface area contributed by atoms with Crippen molar-refractivity contribution < 1.29 is 8.78 Å². The van der Waals surface area contributed by atoms with Crippen LogP contribution in [-0.4, -0.2) is 11.4 Å². The summed E-state index contributed by atoms with van der Waals surface area (Å²) in [5.74, 6) is -1.31. The summed E-state index contributed by atoms with van der Waals surface area (Å²) < 4.78 is 27.8. The third-order valence-electron chi connectivity index (χ3n) is 3.72. The van der Waals surface area contributed by atoms with Gasteiger partial charge >= 0.3 is 0 Å². The highest BCUT2D eigenvalue weighted by Crippen LogP contribution is 2.15. The number of halogens is 2. The molecular formula is C21H16F2N2. The molecule has 0 spiro atoms. The van der Waals surface area contributed by atoms with Crippen LogP contribution in [0.4, 0.5) is 8.78 Å². The van der Waals surface area contributed by atoms with E-state index in [1.54, 1.807) is 6.92 Å². The highest BCUT2D eigenvalue weighted by atomic mass is 19.1. The van der Waals surface area contributed by atoms with Crippen molar-refractivity contribution in [1.82, 2.24) is 0 Å². The Balaban J connectivity index is 2.08. The largest absolute Gasteiger partial charge is 0.206 e. The zero-order valence-corrected chi connectivity index (χ0v) is 13.7. The molecule has 0 N–H and O–H groups in total. The number of rotatable bonds is 4. The topological polar surface area (TPSA) is 24.7 Å². The number of nitrogens with zero attached hydrogens (tertiary/aromatic N) is 2. The van der Waals surface area contributed by atoms with Gasteiger partial charge in [-0.1, -0.05) is 66.7 Å². The molecule has 3 rings (SSSR count). The summed E-state index contributed by atoms with van der Waals surface area (Å²) >= 11 is 0. The monoisotopic (exact) mass is 334 g/mol. The molecule has 0 aromatic heterocycles. The maximum atomic E-state index is 13.9. The molecule has 0 bridgehead atoms. The molecule has 2 nitrogen and oxygen atoms in total. The van der Waals surface area contributed by atoms with Crippen molar-refractivity contribution in [1.29, 1.82) is 0 Å². The quantitative estimate of drug-likeness (QED) is 0.461. The summed E-state index contributed by atoms with van der Waals surface area (Å²) in [4.78, 5) is 0. The first-order valence-corrected chi connectivity index (χ1v) is 7.84. The average molecular weight is 334 g/mol. The van der Waals surface area contributed by atoms with E-state index in [0.29, 0.717) is 5.71 Å². The third kappa shape index (κ3) is 3.86. The van der Waals surface area contributed by atoms with Crippen molar-refractivity contribution in [3.05, 3.63) is 107 Å². The summed E-state index contributed by atoms with van der Waals surface area (Å²) in [6, 6.07) is 22.8. The number of hydrogen-bond donors (Lipinski definition) is 0. The van der Waals surface area contributed by atoms with E-state index in [0.717, 1.165) is 11.1 Å². The molecule has 0 radical (unpaired) electrons. The van der Waals surface area contributed by atoms with Gasteiger partial charge in [0.05, 0.1) is 11.3 Å². The number of benzene rings is 3. The van der Waals surface area contributed by atoms with E-state index in [9.17, 15) is 8.78 Å². The lowest BCUT2D eigenvalue weighted by atomic mass is 10.0. The zero-order chi connectivity index (χ0) is 17.6. The maximum Gasteiger partial charge on any atom is 0.135 e. The SMILES string of the molecule is C/C(=N/N=C(c1ccccc1)c1ccccc1)c1c(F)cccc1F. The Hall–Kier alpha value is -3.14. The summed E-state index contributed by atoms with van der Waals surface area (Å²) in [5.41, 5.74) is 2.41. The standard InChI is InChI=1S/C21H16F2N2/c1-15(20-18(22)13-8-14-19(20)23)24-25-21(16-9-4-2-5-10-16)17-11-6-3-7-12-17/h2-14H,1H3/b24-15-. The predicted molar refractivity (Wildman–Crippen MR) is 97.1 cm³/mol. The van der Waals surface area contributed by atoms with Gasteiger partial charge in [-0.25, -0.2) is 8.78 Å². The van der Waals surface area contributed by atoms with Gasteiger partial charge in [-0.05, 0) is 19.1 Å². The molecule has 0 amide bonds. The fourth-order valence-corrected chi connectivity index (χ4v) is 2.49. The molecule has 4 heteroatoms. The van der Waals surface area contributed by atoms with Gasteiger partial charge in [0, 0.05) is 11.1 Å². The van der Waals surface area contributed by atoms with Gasteiger partial charge in [0.25, 0.3) is 0 Å². The minimum Gasteiger partial charge on any atom is -0.206 e. The first-order chi connectivity index (χ1) is 12.2. The van der Waals surface area contributed by atoms with E-state index in [2.05, 4.69) is 10.2 Å². The lowest BCUT2D eigenvalue weighted by Crippen LogP contribution is -2.05. The van der Waals surface area contributed by atoms with E-state index in [4.69, 9.17) is 0 Å². The van der Waals surface area contributed by atoms with Crippen molar-refractivity contribution >= 4 is 11.4 Å². The van der Waals surface area contributed by atoms with E-state index in [1.165, 1.54) is 18.2 Å². The lowest BCUT2D eigenvalue weighted by Gasteiger charge is -2.06. The second-order valence-corrected chi connectivity index (χ2v) is 5.46. The van der Waals surface area contributed by atoms with E-state index in [-0.39, 0.29) is 11.3 Å². The molecule has 3 aromatic carbocycles. The molecule has 0 aliphatic rings. The van der Waals surface area contributed by atoms with E-state index in [1.807, 2.05) is 60.7 Å². The summed E-state index contributed by atoms with van der Waals surface area (Å²) in [7, 11) is 0. The van der Waals surface area contributed by atoms with Crippen LogP contribution in [-0.2, 0) is 0 Å². The molecule has 0 unspecified atom stereocenters. The Kier molecular flexibility index (Phi) is 5.09. The van der Waals surface area contributed by atoms with Gasteiger partial charge in [-0.3, -0.25) is 0 Å². The second-order valence-electron chi connectivity index (χ2n) is 5.46. The molecule has 25 heavy (non-hydrogen) atoms. The Morgan fingerprint density at radius 2 is 1.12 bits per heavy atom. The Bertz CT molecular complexity index is 855. The van der Waals surface area contributed by atoms with Crippen molar-refractivity contribution in [3.63, 3.8) is 0 Å². The normalized spacial score (nSPS) is 11.2. The van der Waals surface area contributed by atoms with Crippen LogP contribution in [0.5, 0.6) is 0 Å². The second kappa shape index (κ2) is 7.62. The first kappa shape index (κ1) is 16.7. The molecule has 0 fully saturated rings. The van der Waals surface area contributed by atoms with Crippen LogP contribution >= 0.6 is 0 Å². The predicted octanol–water partition coefficient (Wildman–Crippen LogP) is 5.23. The van der Waals surface area contributed by atoms with Crippen LogP contribution in [0.25, 0.3) is 0 Å². The van der Waals surface area contributed by atoms with Gasteiger partial charge in [0.1, 0.15) is 17.3 Å². The van der Waals surface area contributed by atoms with Gasteiger partial charge < -0.3 is 0 Å². The van der Waals surface area contributed by atoms with Crippen LogP contribution in [0.1, 0.15) is 23.6 Å². The first-order valence-electron chi connectivity index (χ1n) is 7.84. The molecule has 3 aromatic rings. The minimum absolute atomic E-state index is 0.160. The Morgan fingerprint density at radius 3 is 1.60 bits per heavy atom. The molecule has 0 atom stereocenters. The Morgan fingerprint density at radius 1 is 0.640 bits per heavy atom. The minimum atomic E-state index is -0.655. The van der Waals surface area contributed by atoms with Gasteiger partial charge in [-0.2, -0.15) is 5.10 Å². The van der Waals surface area contributed by atoms with E-state index < -0.39 is 11.6 Å². The lowest BCUT2D eigenvalue weighted by molar-refractivity contribution is 0.579. The van der Waals surface area contributed by atoms with Crippen LogP contribution in [0, 0.1) is 11.6 Å². The Labute approximate surface area is 145 Å². The molecule has 0 aliphatic carbocycles.